The fraction of sp³-hybridized carbons (Fsp3) is 0.333. The zero-order chi connectivity index (χ0) is 11.6. The molecule has 0 heterocycles. The predicted octanol–water partition coefficient (Wildman–Crippen LogP) is 2.92. The number of hydrogen-bond acceptors (Lipinski definition) is 1. The van der Waals surface area contributed by atoms with Crippen molar-refractivity contribution >= 4 is 0 Å². The fourth-order valence-corrected chi connectivity index (χ4v) is 1.11. The van der Waals surface area contributed by atoms with Crippen molar-refractivity contribution in [1.29, 1.82) is 0 Å². The van der Waals surface area contributed by atoms with Crippen LogP contribution < -0.4 is 5.73 Å². The number of nitrogens with two attached hydrogens (primary N) is 1. The van der Waals surface area contributed by atoms with Crippen LogP contribution in [-0.2, 0) is 0 Å². The summed E-state index contributed by atoms with van der Waals surface area (Å²) in [7, 11) is 0. The molecular formula is C9H8F5N. The summed E-state index contributed by atoms with van der Waals surface area (Å²) in [5.41, 5.74) is 5.11. The molecule has 0 fully saturated rings. The monoisotopic (exact) mass is 225 g/mol. The van der Waals surface area contributed by atoms with Gasteiger partial charge >= 0.3 is 6.18 Å². The predicted molar refractivity (Wildman–Crippen MR) is 44.0 cm³/mol. The first-order chi connectivity index (χ1) is 6.79. The second-order valence-corrected chi connectivity index (χ2v) is 3.10. The van der Waals surface area contributed by atoms with Crippen molar-refractivity contribution in [3.05, 3.63) is 35.4 Å². The maximum atomic E-state index is 12.7. The first-order valence-corrected chi connectivity index (χ1v) is 4.07. The van der Waals surface area contributed by atoms with Crippen LogP contribution in [-0.4, -0.2) is 6.18 Å². The molecule has 0 amide bonds. The molecule has 1 nitrogen and oxygen atoms in total. The van der Waals surface area contributed by atoms with Gasteiger partial charge in [-0.25, -0.2) is 8.78 Å². The van der Waals surface area contributed by atoms with Gasteiger partial charge in [-0.2, -0.15) is 13.2 Å². The van der Waals surface area contributed by atoms with E-state index in [-0.39, 0.29) is 5.56 Å². The lowest BCUT2D eigenvalue weighted by molar-refractivity contribution is -0.138. The average Bonchev–Trinajstić information content (AvgIpc) is 2.06. The maximum Gasteiger partial charge on any atom is 0.390 e. The Morgan fingerprint density at radius 2 is 1.73 bits per heavy atom. The zero-order valence-electron chi connectivity index (χ0n) is 7.48. The van der Waals surface area contributed by atoms with Gasteiger partial charge in [-0.05, 0) is 17.7 Å². The second-order valence-electron chi connectivity index (χ2n) is 3.10. The van der Waals surface area contributed by atoms with E-state index in [0.29, 0.717) is 6.07 Å². The lowest BCUT2D eigenvalue weighted by Crippen LogP contribution is -2.20. The van der Waals surface area contributed by atoms with Crippen LogP contribution in [0.5, 0.6) is 0 Å². The van der Waals surface area contributed by atoms with Gasteiger partial charge in [0.2, 0.25) is 0 Å². The summed E-state index contributed by atoms with van der Waals surface area (Å²) in [6.45, 7) is 0. The lowest BCUT2D eigenvalue weighted by atomic mass is 10.0. The third-order valence-electron chi connectivity index (χ3n) is 1.82. The van der Waals surface area contributed by atoms with Crippen molar-refractivity contribution in [3.63, 3.8) is 0 Å². The Morgan fingerprint density at radius 3 is 2.20 bits per heavy atom. The molecule has 84 valence electrons. The SMILES string of the molecule is N[C@H](CC(F)(F)F)c1ccc(F)c(F)c1. The summed E-state index contributed by atoms with van der Waals surface area (Å²) in [4.78, 5) is 0. The topological polar surface area (TPSA) is 26.0 Å². The van der Waals surface area contributed by atoms with E-state index in [1.165, 1.54) is 0 Å². The number of hydrogen-bond donors (Lipinski definition) is 1. The van der Waals surface area contributed by atoms with Gasteiger partial charge in [-0.1, -0.05) is 6.07 Å². The molecule has 0 aromatic heterocycles. The van der Waals surface area contributed by atoms with Crippen LogP contribution in [0.1, 0.15) is 18.0 Å². The standard InChI is InChI=1S/C9H8F5N/c10-6-2-1-5(3-7(6)11)8(15)4-9(12,13)14/h1-3,8H,4,15H2/t8-/m1/s1. The Morgan fingerprint density at radius 1 is 1.13 bits per heavy atom. The first kappa shape index (κ1) is 11.9. The van der Waals surface area contributed by atoms with Gasteiger partial charge in [-0.15, -0.1) is 0 Å². The molecule has 0 spiro atoms. The van der Waals surface area contributed by atoms with Crippen molar-refractivity contribution in [2.75, 3.05) is 0 Å². The van der Waals surface area contributed by atoms with Crippen molar-refractivity contribution < 1.29 is 22.0 Å². The molecule has 0 radical (unpaired) electrons. The summed E-state index contributed by atoms with van der Waals surface area (Å²) in [6.07, 6.45) is -5.69. The summed E-state index contributed by atoms with van der Waals surface area (Å²) >= 11 is 0. The minimum atomic E-state index is -4.43. The number of rotatable bonds is 2. The molecule has 2 N–H and O–H groups in total. The molecule has 0 saturated carbocycles. The van der Waals surface area contributed by atoms with E-state index in [1.807, 2.05) is 0 Å². The number of halogens is 5. The van der Waals surface area contributed by atoms with Crippen molar-refractivity contribution in [1.82, 2.24) is 0 Å². The van der Waals surface area contributed by atoms with Crippen molar-refractivity contribution in [3.8, 4) is 0 Å². The highest BCUT2D eigenvalue weighted by Crippen LogP contribution is 2.28. The van der Waals surface area contributed by atoms with E-state index >= 15 is 0 Å². The normalized spacial score (nSPS) is 14.0. The van der Waals surface area contributed by atoms with E-state index in [2.05, 4.69) is 0 Å². The van der Waals surface area contributed by atoms with Crippen LogP contribution in [0.2, 0.25) is 0 Å². The summed E-state index contributed by atoms with van der Waals surface area (Å²) in [6, 6.07) is 1.08. The Bertz CT molecular complexity index is 347. The smallest absolute Gasteiger partial charge is 0.324 e. The van der Waals surface area contributed by atoms with E-state index in [9.17, 15) is 22.0 Å². The summed E-state index contributed by atoms with van der Waals surface area (Å²) < 4.78 is 60.9. The Labute approximate surface area is 82.7 Å². The quantitative estimate of drug-likeness (QED) is 0.769. The fourth-order valence-electron chi connectivity index (χ4n) is 1.11. The van der Waals surface area contributed by atoms with E-state index in [0.717, 1.165) is 12.1 Å². The molecule has 0 bridgehead atoms. The van der Waals surface area contributed by atoms with E-state index in [1.54, 1.807) is 0 Å². The van der Waals surface area contributed by atoms with Gasteiger partial charge in [0.25, 0.3) is 0 Å². The van der Waals surface area contributed by atoms with Gasteiger partial charge in [0.15, 0.2) is 11.6 Å². The Kier molecular flexibility index (Phi) is 3.28. The Hall–Kier alpha value is -1.17. The molecule has 0 aliphatic rings. The highest BCUT2D eigenvalue weighted by atomic mass is 19.4. The van der Waals surface area contributed by atoms with Gasteiger partial charge in [0, 0.05) is 6.04 Å². The molecule has 1 aromatic rings. The molecule has 1 atom stereocenters. The molecule has 1 aromatic carbocycles. The summed E-state index contributed by atoms with van der Waals surface area (Å²) in [5.74, 6) is -2.32. The van der Waals surface area contributed by atoms with Crippen LogP contribution >= 0.6 is 0 Å². The van der Waals surface area contributed by atoms with E-state index in [4.69, 9.17) is 5.73 Å². The van der Waals surface area contributed by atoms with Gasteiger partial charge < -0.3 is 5.73 Å². The van der Waals surface area contributed by atoms with Crippen molar-refractivity contribution in [2.24, 2.45) is 5.73 Å². The zero-order valence-corrected chi connectivity index (χ0v) is 7.48. The molecule has 1 rings (SSSR count). The largest absolute Gasteiger partial charge is 0.390 e. The Balaban J connectivity index is 2.83. The van der Waals surface area contributed by atoms with Crippen LogP contribution in [0.25, 0.3) is 0 Å². The minimum Gasteiger partial charge on any atom is -0.324 e. The van der Waals surface area contributed by atoms with Gasteiger partial charge in [-0.3, -0.25) is 0 Å². The molecule has 0 unspecified atom stereocenters. The van der Waals surface area contributed by atoms with Crippen LogP contribution in [0.3, 0.4) is 0 Å². The first-order valence-electron chi connectivity index (χ1n) is 4.07. The molecule has 0 aliphatic carbocycles. The third-order valence-corrected chi connectivity index (χ3v) is 1.82. The van der Waals surface area contributed by atoms with Gasteiger partial charge in [0.1, 0.15) is 0 Å². The molecule has 6 heteroatoms. The highest BCUT2D eigenvalue weighted by Gasteiger charge is 2.31. The minimum absolute atomic E-state index is 0.0776. The molecule has 15 heavy (non-hydrogen) atoms. The van der Waals surface area contributed by atoms with Crippen LogP contribution in [0.4, 0.5) is 22.0 Å². The molecule has 0 saturated heterocycles. The van der Waals surface area contributed by atoms with Gasteiger partial charge in [0.05, 0.1) is 6.42 Å². The average molecular weight is 225 g/mol. The van der Waals surface area contributed by atoms with Crippen LogP contribution in [0, 0.1) is 11.6 Å². The maximum absolute atomic E-state index is 12.7. The van der Waals surface area contributed by atoms with Crippen molar-refractivity contribution in [2.45, 2.75) is 18.6 Å². The molecular weight excluding hydrogens is 217 g/mol. The second kappa shape index (κ2) is 4.14. The third kappa shape index (κ3) is 3.47. The highest BCUT2D eigenvalue weighted by molar-refractivity contribution is 5.21. The molecule has 0 aliphatic heterocycles. The number of alkyl halides is 3. The lowest BCUT2D eigenvalue weighted by Gasteiger charge is -2.14. The van der Waals surface area contributed by atoms with Crippen LogP contribution in [0.15, 0.2) is 18.2 Å². The number of benzene rings is 1. The van der Waals surface area contributed by atoms with E-state index < -0.39 is 30.3 Å². The summed E-state index contributed by atoms with van der Waals surface area (Å²) in [5, 5.41) is 0.